The summed E-state index contributed by atoms with van der Waals surface area (Å²) in [4.78, 5) is 10.7. The molecule has 0 aliphatic rings. The van der Waals surface area contributed by atoms with Crippen LogP contribution in [0.1, 0.15) is 12.5 Å². The van der Waals surface area contributed by atoms with E-state index in [2.05, 4.69) is 0 Å². The molecule has 1 aromatic rings. The molecule has 0 aromatic heterocycles. The summed E-state index contributed by atoms with van der Waals surface area (Å²) in [6.45, 7) is 2.81. The van der Waals surface area contributed by atoms with Crippen LogP contribution < -0.4 is 4.74 Å². The van der Waals surface area contributed by atoms with Crippen molar-refractivity contribution in [3.8, 4) is 18.1 Å². The summed E-state index contributed by atoms with van der Waals surface area (Å²) >= 11 is 0. The van der Waals surface area contributed by atoms with E-state index in [9.17, 15) is 4.79 Å². The van der Waals surface area contributed by atoms with Gasteiger partial charge in [0, 0.05) is 12.3 Å². The van der Waals surface area contributed by atoms with Crippen LogP contribution in [0, 0.1) is 12.3 Å². The van der Waals surface area contributed by atoms with Crippen molar-refractivity contribution in [3.63, 3.8) is 0 Å². The van der Waals surface area contributed by atoms with Crippen LogP contribution in [-0.4, -0.2) is 19.2 Å². The summed E-state index contributed by atoms with van der Waals surface area (Å²) in [5.74, 6) is 2.09. The highest BCUT2D eigenvalue weighted by molar-refractivity contribution is 5.87. The molecule has 0 spiro atoms. The molecule has 0 saturated carbocycles. The molecule has 0 unspecified atom stereocenters. The van der Waals surface area contributed by atoms with E-state index in [0.717, 1.165) is 11.3 Å². The molecule has 0 fully saturated rings. The average molecular weight is 218 g/mol. The normalized spacial score (nSPS) is 9.25. The van der Waals surface area contributed by atoms with Gasteiger partial charge in [0.15, 0.2) is 0 Å². The molecule has 0 saturated heterocycles. The largest absolute Gasteiger partial charge is 0.494 e. The van der Waals surface area contributed by atoms with Crippen LogP contribution in [0.2, 0.25) is 0 Å². The first kappa shape index (κ1) is 12.1. The van der Waals surface area contributed by atoms with Gasteiger partial charge in [-0.25, -0.2) is 4.79 Å². The molecule has 1 aromatic carbocycles. The molecule has 0 N–H and O–H groups in total. The monoisotopic (exact) mass is 218 g/mol. The molecular weight excluding hydrogens is 204 g/mol. The Morgan fingerprint density at radius 1 is 1.44 bits per heavy atom. The van der Waals surface area contributed by atoms with Crippen molar-refractivity contribution in [2.24, 2.45) is 0 Å². The number of carbonyl (C=O) groups excluding carboxylic acids is 1. The quantitative estimate of drug-likeness (QED) is 0.429. The summed E-state index contributed by atoms with van der Waals surface area (Å²) in [6, 6.07) is 7.65. The average Bonchev–Trinajstić information content (AvgIpc) is 2.31. The van der Waals surface area contributed by atoms with Crippen LogP contribution in [0.25, 0.3) is 0 Å². The predicted molar refractivity (Wildman–Crippen MR) is 61.1 cm³/mol. The molecule has 3 heteroatoms. The van der Waals surface area contributed by atoms with E-state index >= 15 is 0 Å². The lowest BCUT2D eigenvalue weighted by atomic mass is 10.1. The minimum absolute atomic E-state index is 0.271. The van der Waals surface area contributed by atoms with Gasteiger partial charge in [0.1, 0.15) is 5.75 Å². The zero-order valence-electron chi connectivity index (χ0n) is 9.23. The highest BCUT2D eigenvalue weighted by Crippen LogP contribution is 2.18. The second-order valence-corrected chi connectivity index (χ2v) is 3.07. The first-order valence-corrected chi connectivity index (χ1v) is 5.12. The maximum absolute atomic E-state index is 10.7. The third-order valence-electron chi connectivity index (χ3n) is 1.99. The van der Waals surface area contributed by atoms with Gasteiger partial charge in [0.05, 0.1) is 13.2 Å². The maximum Gasteiger partial charge on any atom is 0.384 e. The molecule has 0 heterocycles. The van der Waals surface area contributed by atoms with Crippen LogP contribution in [-0.2, 0) is 16.0 Å². The third kappa shape index (κ3) is 3.66. The van der Waals surface area contributed by atoms with Gasteiger partial charge < -0.3 is 9.47 Å². The highest BCUT2D eigenvalue weighted by Gasteiger charge is 2.03. The molecule has 84 valence electrons. The number of rotatable bonds is 5. The summed E-state index contributed by atoms with van der Waals surface area (Å²) in [7, 11) is 0. The van der Waals surface area contributed by atoms with Crippen LogP contribution in [0.15, 0.2) is 24.3 Å². The van der Waals surface area contributed by atoms with E-state index in [1.165, 1.54) is 0 Å². The van der Waals surface area contributed by atoms with Gasteiger partial charge in [0.25, 0.3) is 0 Å². The molecule has 0 amide bonds. The fraction of sp³-hybridized carbons (Fsp3) is 0.308. The standard InChI is InChI=1S/C13H14O3/c1-3-13(14)16-10-9-11-7-5-6-8-12(11)15-4-2/h1,5-8H,4,9-10H2,2H3. The molecule has 16 heavy (non-hydrogen) atoms. The predicted octanol–water partition coefficient (Wildman–Crippen LogP) is 1.80. The van der Waals surface area contributed by atoms with Crippen LogP contribution in [0.3, 0.4) is 0 Å². The molecule has 1 rings (SSSR count). The number of terminal acetylenes is 1. The van der Waals surface area contributed by atoms with Gasteiger partial charge in [-0.15, -0.1) is 6.42 Å². The fourth-order valence-corrected chi connectivity index (χ4v) is 1.30. The van der Waals surface area contributed by atoms with E-state index < -0.39 is 5.97 Å². The first-order chi connectivity index (χ1) is 7.77. The van der Waals surface area contributed by atoms with Gasteiger partial charge in [-0.1, -0.05) is 18.2 Å². The minimum Gasteiger partial charge on any atom is -0.494 e. The summed E-state index contributed by atoms with van der Waals surface area (Å²) in [6.07, 6.45) is 5.48. The lowest BCUT2D eigenvalue weighted by Crippen LogP contribution is -2.06. The number of esters is 1. The molecule has 3 nitrogen and oxygen atoms in total. The zero-order valence-corrected chi connectivity index (χ0v) is 9.23. The van der Waals surface area contributed by atoms with Crippen molar-refractivity contribution in [1.29, 1.82) is 0 Å². The number of carbonyl (C=O) groups is 1. The van der Waals surface area contributed by atoms with Gasteiger partial charge in [-0.2, -0.15) is 0 Å². The van der Waals surface area contributed by atoms with Crippen LogP contribution in [0.5, 0.6) is 5.75 Å². The van der Waals surface area contributed by atoms with Crippen molar-refractivity contribution in [2.75, 3.05) is 13.2 Å². The molecule has 0 aliphatic heterocycles. The Morgan fingerprint density at radius 2 is 2.19 bits per heavy atom. The van der Waals surface area contributed by atoms with E-state index in [1.807, 2.05) is 37.1 Å². The summed E-state index contributed by atoms with van der Waals surface area (Å²) < 4.78 is 10.2. The SMILES string of the molecule is C#CC(=O)OCCc1ccccc1OCC. The van der Waals surface area contributed by atoms with E-state index in [4.69, 9.17) is 15.9 Å². The van der Waals surface area contributed by atoms with E-state index in [0.29, 0.717) is 13.0 Å². The Bertz CT molecular complexity index is 390. The van der Waals surface area contributed by atoms with Crippen LogP contribution in [0.4, 0.5) is 0 Å². The Balaban J connectivity index is 2.53. The van der Waals surface area contributed by atoms with Crippen LogP contribution >= 0.6 is 0 Å². The zero-order chi connectivity index (χ0) is 11.8. The first-order valence-electron chi connectivity index (χ1n) is 5.12. The fourth-order valence-electron chi connectivity index (χ4n) is 1.30. The van der Waals surface area contributed by atoms with Crippen molar-refractivity contribution in [3.05, 3.63) is 29.8 Å². The molecular formula is C13H14O3. The van der Waals surface area contributed by atoms with Gasteiger partial charge in [0.2, 0.25) is 0 Å². The van der Waals surface area contributed by atoms with Gasteiger partial charge >= 0.3 is 5.97 Å². The van der Waals surface area contributed by atoms with Gasteiger partial charge in [-0.3, -0.25) is 0 Å². The summed E-state index contributed by atoms with van der Waals surface area (Å²) in [5.41, 5.74) is 1.01. The molecule has 0 bridgehead atoms. The van der Waals surface area contributed by atoms with Crippen molar-refractivity contribution in [2.45, 2.75) is 13.3 Å². The topological polar surface area (TPSA) is 35.5 Å². The van der Waals surface area contributed by atoms with Crippen molar-refractivity contribution >= 4 is 5.97 Å². The molecule has 0 aliphatic carbocycles. The lowest BCUT2D eigenvalue weighted by molar-refractivity contribution is -0.136. The van der Waals surface area contributed by atoms with Crippen molar-refractivity contribution in [1.82, 2.24) is 0 Å². The highest BCUT2D eigenvalue weighted by atomic mass is 16.5. The Morgan fingerprint density at radius 3 is 2.88 bits per heavy atom. The van der Waals surface area contributed by atoms with Gasteiger partial charge in [-0.05, 0) is 18.6 Å². The van der Waals surface area contributed by atoms with E-state index in [1.54, 1.807) is 0 Å². The minimum atomic E-state index is -0.631. The Labute approximate surface area is 95.4 Å². The second kappa shape index (κ2) is 6.52. The number of ether oxygens (including phenoxy) is 2. The lowest BCUT2D eigenvalue weighted by Gasteiger charge is -2.09. The molecule has 0 radical (unpaired) electrons. The summed E-state index contributed by atoms with van der Waals surface area (Å²) in [5, 5.41) is 0. The second-order valence-electron chi connectivity index (χ2n) is 3.07. The van der Waals surface area contributed by atoms with E-state index in [-0.39, 0.29) is 6.61 Å². The molecule has 0 atom stereocenters. The Kier molecular flexibility index (Phi) is 4.94. The number of para-hydroxylation sites is 1. The third-order valence-corrected chi connectivity index (χ3v) is 1.99. The maximum atomic E-state index is 10.7. The number of hydrogen-bond donors (Lipinski definition) is 0. The Hall–Kier alpha value is -1.95. The van der Waals surface area contributed by atoms with Crippen molar-refractivity contribution < 1.29 is 14.3 Å². The number of hydrogen-bond acceptors (Lipinski definition) is 3. The smallest absolute Gasteiger partial charge is 0.384 e. The number of benzene rings is 1.